The SMILES string of the molecule is CC/C=C\C/C=C\C/C=C\C/C=C\C/C=C\C/C=C\CCCCCOCC(COP(=O)(O)OCCN)OC(=O)CCCCCCCCCCCCCC/C=C\C/C=C\C/C=C\C/C=C\CC. The fraction of sp³-hybridized carbons (Fsp3) is 0.632. The Hall–Kier alpha value is -3.10. The van der Waals surface area contributed by atoms with Crippen LogP contribution in [0.3, 0.4) is 0 Å². The molecule has 0 radical (unpaired) electrons. The highest BCUT2D eigenvalue weighted by Gasteiger charge is 2.25. The molecule has 0 rings (SSSR count). The fourth-order valence-electron chi connectivity index (χ4n) is 6.64. The number of nitrogens with two attached hydrogens (primary N) is 1. The molecule has 376 valence electrons. The molecular formula is C57H96NO7P. The summed E-state index contributed by atoms with van der Waals surface area (Å²) >= 11 is 0. The Bertz CT molecular complexity index is 1420. The van der Waals surface area contributed by atoms with Crippen molar-refractivity contribution < 1.29 is 32.8 Å². The lowest BCUT2D eigenvalue weighted by Gasteiger charge is -2.20. The van der Waals surface area contributed by atoms with Crippen LogP contribution >= 0.6 is 7.82 Å². The molecule has 0 bridgehead atoms. The molecule has 0 saturated carbocycles. The summed E-state index contributed by atoms with van der Waals surface area (Å²) < 4.78 is 33.6. The highest BCUT2D eigenvalue weighted by Crippen LogP contribution is 2.43. The van der Waals surface area contributed by atoms with Gasteiger partial charge >= 0.3 is 13.8 Å². The Morgan fingerprint density at radius 2 is 0.803 bits per heavy atom. The number of phosphoric acid groups is 1. The lowest BCUT2D eigenvalue weighted by atomic mass is 10.0. The minimum absolute atomic E-state index is 0.0851. The van der Waals surface area contributed by atoms with E-state index < -0.39 is 13.9 Å². The Balaban J connectivity index is 4.04. The molecule has 2 atom stereocenters. The van der Waals surface area contributed by atoms with Crippen molar-refractivity contribution in [1.29, 1.82) is 0 Å². The van der Waals surface area contributed by atoms with E-state index in [0.29, 0.717) is 13.0 Å². The quantitative estimate of drug-likeness (QED) is 0.0268. The van der Waals surface area contributed by atoms with Crippen LogP contribution in [0.1, 0.15) is 194 Å². The van der Waals surface area contributed by atoms with Crippen LogP contribution in [0.2, 0.25) is 0 Å². The maximum absolute atomic E-state index is 12.7. The number of rotatable bonds is 48. The van der Waals surface area contributed by atoms with Crippen LogP contribution in [0.5, 0.6) is 0 Å². The molecule has 0 aliphatic rings. The zero-order chi connectivity index (χ0) is 48.0. The van der Waals surface area contributed by atoms with Gasteiger partial charge in [0.25, 0.3) is 0 Å². The number of ether oxygens (including phenoxy) is 2. The van der Waals surface area contributed by atoms with Gasteiger partial charge in [0.2, 0.25) is 0 Å². The van der Waals surface area contributed by atoms with E-state index in [1.54, 1.807) is 0 Å². The topological polar surface area (TPSA) is 117 Å². The third-order valence-corrected chi connectivity index (χ3v) is 11.4. The van der Waals surface area contributed by atoms with Crippen molar-refractivity contribution in [3.8, 4) is 0 Å². The summed E-state index contributed by atoms with van der Waals surface area (Å²) in [5.74, 6) is -0.349. The van der Waals surface area contributed by atoms with Gasteiger partial charge in [0.05, 0.1) is 19.8 Å². The van der Waals surface area contributed by atoms with Gasteiger partial charge in [-0.15, -0.1) is 0 Å². The maximum Gasteiger partial charge on any atom is 0.472 e. The van der Waals surface area contributed by atoms with Crippen molar-refractivity contribution in [3.05, 3.63) is 122 Å². The normalized spacial score (nSPS) is 14.3. The first-order valence-corrected chi connectivity index (χ1v) is 27.5. The fourth-order valence-corrected chi connectivity index (χ4v) is 7.40. The molecule has 9 heteroatoms. The third-order valence-electron chi connectivity index (χ3n) is 10.4. The molecule has 0 aliphatic heterocycles. The van der Waals surface area contributed by atoms with Gasteiger partial charge in [0.15, 0.2) is 0 Å². The summed E-state index contributed by atoms with van der Waals surface area (Å²) in [7, 11) is -4.30. The van der Waals surface area contributed by atoms with Gasteiger partial charge in [-0.1, -0.05) is 206 Å². The van der Waals surface area contributed by atoms with Crippen LogP contribution in [-0.4, -0.2) is 49.9 Å². The van der Waals surface area contributed by atoms with E-state index >= 15 is 0 Å². The zero-order valence-electron chi connectivity index (χ0n) is 41.9. The smallest absolute Gasteiger partial charge is 0.457 e. The van der Waals surface area contributed by atoms with Crippen LogP contribution in [-0.2, 0) is 27.9 Å². The molecule has 0 aromatic carbocycles. The second-order valence-electron chi connectivity index (χ2n) is 16.6. The highest BCUT2D eigenvalue weighted by molar-refractivity contribution is 7.47. The zero-order valence-corrected chi connectivity index (χ0v) is 42.8. The predicted octanol–water partition coefficient (Wildman–Crippen LogP) is 16.5. The Labute approximate surface area is 405 Å². The minimum Gasteiger partial charge on any atom is -0.457 e. The third kappa shape index (κ3) is 51.9. The van der Waals surface area contributed by atoms with Crippen molar-refractivity contribution in [2.75, 3.05) is 33.0 Å². The highest BCUT2D eigenvalue weighted by atomic mass is 31.2. The Morgan fingerprint density at radius 3 is 1.20 bits per heavy atom. The van der Waals surface area contributed by atoms with Gasteiger partial charge in [-0.2, -0.15) is 0 Å². The van der Waals surface area contributed by atoms with E-state index in [9.17, 15) is 14.3 Å². The van der Waals surface area contributed by atoms with E-state index in [0.717, 1.165) is 109 Å². The van der Waals surface area contributed by atoms with Gasteiger partial charge in [-0.05, 0) is 103 Å². The molecule has 2 unspecified atom stereocenters. The monoisotopic (exact) mass is 938 g/mol. The molecule has 0 aromatic rings. The summed E-state index contributed by atoms with van der Waals surface area (Å²) in [5, 5.41) is 0. The first kappa shape index (κ1) is 62.9. The van der Waals surface area contributed by atoms with Crippen molar-refractivity contribution in [2.24, 2.45) is 5.73 Å². The first-order valence-electron chi connectivity index (χ1n) is 26.0. The number of unbranched alkanes of at least 4 members (excludes halogenated alkanes) is 15. The van der Waals surface area contributed by atoms with E-state index in [1.807, 2.05) is 0 Å². The van der Waals surface area contributed by atoms with Crippen LogP contribution in [0, 0.1) is 0 Å². The van der Waals surface area contributed by atoms with Gasteiger partial charge in [-0.25, -0.2) is 4.57 Å². The Kier molecular flexibility index (Phi) is 50.4. The van der Waals surface area contributed by atoms with Crippen molar-refractivity contribution in [3.63, 3.8) is 0 Å². The second-order valence-corrected chi connectivity index (χ2v) is 18.1. The summed E-state index contributed by atoms with van der Waals surface area (Å²) in [6.07, 6.45) is 73.8. The van der Waals surface area contributed by atoms with E-state index in [-0.39, 0.29) is 32.3 Å². The summed E-state index contributed by atoms with van der Waals surface area (Å²) in [6, 6.07) is 0. The van der Waals surface area contributed by atoms with Crippen molar-refractivity contribution >= 4 is 13.8 Å². The molecular weight excluding hydrogens is 842 g/mol. The average molecular weight is 938 g/mol. The van der Waals surface area contributed by atoms with Crippen LogP contribution in [0.15, 0.2) is 122 Å². The van der Waals surface area contributed by atoms with E-state index in [4.69, 9.17) is 24.3 Å². The van der Waals surface area contributed by atoms with Gasteiger partial charge in [0.1, 0.15) is 6.10 Å². The molecule has 0 amide bonds. The van der Waals surface area contributed by atoms with Crippen molar-refractivity contribution in [2.45, 2.75) is 200 Å². The van der Waals surface area contributed by atoms with Gasteiger partial charge in [0, 0.05) is 19.6 Å². The summed E-state index contributed by atoms with van der Waals surface area (Å²) in [4.78, 5) is 22.6. The molecule has 0 aromatic heterocycles. The summed E-state index contributed by atoms with van der Waals surface area (Å²) in [6.45, 7) is 4.59. The molecule has 66 heavy (non-hydrogen) atoms. The standard InChI is InChI=1S/C57H96NO7P/c1-3-5-7-9-11-13-15-17-19-21-23-25-27-28-29-30-32-34-36-38-40-42-44-46-48-50-57(59)65-56(55-64-66(60,61)63-53-51-58)54-62-52-49-47-45-43-41-39-37-35-33-31-26-24-22-20-18-16-14-12-10-8-6-4-2/h5-8,11-14,17-20,23-26,33,35,39,41,56H,3-4,9-10,15-16,21-22,27-32,34,36-38,40,42-55,58H2,1-2H3,(H,60,61)/b7-5-,8-6-,13-11-,14-12-,19-17-,20-18-,25-23-,26-24-,35-33-,41-39-. The largest absolute Gasteiger partial charge is 0.472 e. The number of phosphoric ester groups is 1. The van der Waals surface area contributed by atoms with E-state index in [2.05, 4.69) is 135 Å². The van der Waals surface area contributed by atoms with Gasteiger partial charge in [-0.3, -0.25) is 13.8 Å². The van der Waals surface area contributed by atoms with Gasteiger partial charge < -0.3 is 20.1 Å². The molecule has 0 saturated heterocycles. The van der Waals surface area contributed by atoms with Crippen LogP contribution < -0.4 is 5.73 Å². The Morgan fingerprint density at radius 1 is 0.455 bits per heavy atom. The predicted molar refractivity (Wildman–Crippen MR) is 284 cm³/mol. The van der Waals surface area contributed by atoms with E-state index in [1.165, 1.54) is 64.2 Å². The molecule has 0 spiro atoms. The number of hydrogen-bond acceptors (Lipinski definition) is 7. The molecule has 0 fully saturated rings. The number of allylic oxidation sites excluding steroid dienone is 20. The number of hydrogen-bond donors (Lipinski definition) is 2. The summed E-state index contributed by atoms with van der Waals surface area (Å²) in [5.41, 5.74) is 5.39. The molecule has 3 N–H and O–H groups in total. The van der Waals surface area contributed by atoms with Crippen molar-refractivity contribution in [1.82, 2.24) is 0 Å². The lowest BCUT2D eigenvalue weighted by molar-refractivity contribution is -0.154. The number of carbonyl (C=O) groups excluding carboxylic acids is 1. The first-order chi connectivity index (χ1) is 32.4. The molecule has 0 aliphatic carbocycles. The van der Waals surface area contributed by atoms with Crippen LogP contribution in [0.25, 0.3) is 0 Å². The number of carbonyl (C=O) groups is 1. The molecule has 8 nitrogen and oxygen atoms in total. The maximum atomic E-state index is 12.7. The van der Waals surface area contributed by atoms with Crippen LogP contribution in [0.4, 0.5) is 0 Å². The number of esters is 1. The lowest BCUT2D eigenvalue weighted by Crippen LogP contribution is -2.28. The molecule has 0 heterocycles. The average Bonchev–Trinajstić information content (AvgIpc) is 3.31. The second kappa shape index (κ2) is 52.9. The minimum atomic E-state index is -4.30.